The molecule has 3 aromatic rings. The van der Waals surface area contributed by atoms with Gasteiger partial charge in [-0.2, -0.15) is 0 Å². The van der Waals surface area contributed by atoms with Crippen LogP contribution in [0.2, 0.25) is 0 Å². The van der Waals surface area contributed by atoms with Crippen LogP contribution in [0.5, 0.6) is 5.75 Å². The molecule has 2 fully saturated rings. The highest BCUT2D eigenvalue weighted by Gasteiger charge is 2.53. The zero-order valence-electron chi connectivity index (χ0n) is 19.1. The maximum atomic E-state index is 11.6. The molecule has 6 rings (SSSR count). The van der Waals surface area contributed by atoms with Gasteiger partial charge in [-0.25, -0.2) is 4.79 Å². The molecule has 2 aliphatic carbocycles. The van der Waals surface area contributed by atoms with Crippen LogP contribution in [0, 0.1) is 27.9 Å². The Morgan fingerprint density at radius 3 is 2.49 bits per heavy atom. The van der Waals surface area contributed by atoms with E-state index in [0.29, 0.717) is 35.8 Å². The molecule has 0 spiro atoms. The Kier molecular flexibility index (Phi) is 5.20. The zero-order valence-corrected chi connectivity index (χ0v) is 19.1. The van der Waals surface area contributed by atoms with Crippen LogP contribution in [0.15, 0.2) is 66.7 Å². The Labute approximate surface area is 202 Å². The lowest BCUT2D eigenvalue weighted by atomic mass is 9.68. The van der Waals surface area contributed by atoms with Gasteiger partial charge in [0.1, 0.15) is 12.4 Å². The Morgan fingerprint density at radius 2 is 1.77 bits per heavy atom. The molecule has 3 aliphatic rings. The molecule has 2 saturated carbocycles. The second kappa shape index (κ2) is 8.41. The number of ether oxygens (including phenoxy) is 1. The van der Waals surface area contributed by atoms with Crippen molar-refractivity contribution < 1.29 is 19.6 Å². The summed E-state index contributed by atoms with van der Waals surface area (Å²) in [5.74, 6) is 2.01. The van der Waals surface area contributed by atoms with Gasteiger partial charge in [0.25, 0.3) is 5.69 Å². The van der Waals surface area contributed by atoms with Gasteiger partial charge in [0.05, 0.1) is 16.5 Å². The molecule has 0 unspecified atom stereocenters. The molecule has 0 aromatic heterocycles. The van der Waals surface area contributed by atoms with Crippen molar-refractivity contribution in [2.45, 2.75) is 37.8 Å². The summed E-state index contributed by atoms with van der Waals surface area (Å²) < 4.78 is 5.92. The number of nitrogens with one attached hydrogen (secondary N) is 1. The van der Waals surface area contributed by atoms with Gasteiger partial charge < -0.3 is 15.2 Å². The number of aromatic carboxylic acids is 1. The summed E-state index contributed by atoms with van der Waals surface area (Å²) >= 11 is 0. The number of carboxylic acids is 1. The molecular weight excluding hydrogens is 444 g/mol. The van der Waals surface area contributed by atoms with Crippen molar-refractivity contribution in [3.63, 3.8) is 0 Å². The number of anilines is 1. The van der Waals surface area contributed by atoms with Crippen molar-refractivity contribution in [2.24, 2.45) is 17.8 Å². The number of benzene rings is 3. The Balaban J connectivity index is 1.22. The Morgan fingerprint density at radius 1 is 1.03 bits per heavy atom. The molecule has 35 heavy (non-hydrogen) atoms. The average molecular weight is 471 g/mol. The lowest BCUT2D eigenvalue weighted by Gasteiger charge is -2.43. The predicted molar refractivity (Wildman–Crippen MR) is 131 cm³/mol. The lowest BCUT2D eigenvalue weighted by molar-refractivity contribution is -0.384. The molecule has 0 saturated heterocycles. The number of nitro benzene ring substituents is 1. The van der Waals surface area contributed by atoms with E-state index in [4.69, 9.17) is 4.74 Å². The smallest absolute Gasteiger partial charge is 0.335 e. The monoisotopic (exact) mass is 470 g/mol. The summed E-state index contributed by atoms with van der Waals surface area (Å²) in [7, 11) is 0. The molecule has 2 bridgehead atoms. The van der Waals surface area contributed by atoms with E-state index in [-0.39, 0.29) is 11.7 Å². The maximum Gasteiger partial charge on any atom is 0.335 e. The van der Waals surface area contributed by atoms with E-state index in [1.165, 1.54) is 42.5 Å². The van der Waals surface area contributed by atoms with Gasteiger partial charge >= 0.3 is 5.97 Å². The third-order valence-electron chi connectivity index (χ3n) is 8.13. The number of hydrogen-bond acceptors (Lipinski definition) is 5. The molecule has 1 heterocycles. The van der Waals surface area contributed by atoms with Crippen LogP contribution in [-0.2, 0) is 6.61 Å². The SMILES string of the molecule is O=C(O)c1ccc2c(c1)[C@@H]1[C@H]3CC[C@@H](C3)[C@H]1[C@H](c1ccc(OCc3ccc([N+](=O)[O-])cc3)cc1)N2. The summed E-state index contributed by atoms with van der Waals surface area (Å²) in [6, 6.07) is 20.3. The number of nitro groups is 1. The minimum atomic E-state index is -0.876. The van der Waals surface area contributed by atoms with E-state index in [0.717, 1.165) is 17.0 Å². The largest absolute Gasteiger partial charge is 0.489 e. The summed E-state index contributed by atoms with van der Waals surface area (Å²) in [5, 5.41) is 24.1. The maximum absolute atomic E-state index is 11.6. The molecule has 7 heteroatoms. The van der Waals surface area contributed by atoms with Crippen molar-refractivity contribution in [3.05, 3.63) is 99.1 Å². The number of fused-ring (bicyclic) bond motifs is 7. The van der Waals surface area contributed by atoms with Gasteiger partial charge in [-0.05, 0) is 102 Å². The average Bonchev–Trinajstić information content (AvgIpc) is 3.50. The number of carboxylic acid groups (broad SMARTS) is 1. The summed E-state index contributed by atoms with van der Waals surface area (Å²) in [6.07, 6.45) is 3.69. The van der Waals surface area contributed by atoms with Gasteiger partial charge in [-0.3, -0.25) is 10.1 Å². The van der Waals surface area contributed by atoms with E-state index in [1.807, 2.05) is 24.3 Å². The van der Waals surface area contributed by atoms with Crippen LogP contribution < -0.4 is 10.1 Å². The summed E-state index contributed by atoms with van der Waals surface area (Å²) in [5.41, 5.74) is 4.73. The van der Waals surface area contributed by atoms with Crippen molar-refractivity contribution in [2.75, 3.05) is 5.32 Å². The number of nitrogens with zero attached hydrogens (tertiary/aromatic N) is 1. The first-order valence-electron chi connectivity index (χ1n) is 12.1. The standard InChI is InChI=1S/C28H26N2O5/c31-28(32)20-7-12-24-23(14-20)25-18-3-4-19(13-18)26(25)27(29-24)17-5-10-22(11-6-17)35-15-16-1-8-21(9-2-16)30(33)34/h1-2,5-12,14,18-19,25-27,29H,3-4,13,15H2,(H,31,32)/t18-,19-,25-,26+,27-/m0/s1. The highest BCUT2D eigenvalue weighted by Crippen LogP contribution is 2.63. The van der Waals surface area contributed by atoms with E-state index in [1.54, 1.807) is 18.2 Å². The normalized spacial score (nSPS) is 25.9. The minimum absolute atomic E-state index is 0.0674. The second-order valence-electron chi connectivity index (χ2n) is 9.95. The minimum Gasteiger partial charge on any atom is -0.489 e. The molecule has 5 atom stereocenters. The van der Waals surface area contributed by atoms with Gasteiger partial charge in [-0.15, -0.1) is 0 Å². The van der Waals surface area contributed by atoms with Gasteiger partial charge in [0.2, 0.25) is 0 Å². The molecule has 178 valence electrons. The third kappa shape index (κ3) is 3.81. The van der Waals surface area contributed by atoms with Crippen LogP contribution in [0.1, 0.15) is 58.3 Å². The van der Waals surface area contributed by atoms with Crippen LogP contribution >= 0.6 is 0 Å². The predicted octanol–water partition coefficient (Wildman–Crippen LogP) is 6.17. The molecule has 2 N–H and O–H groups in total. The summed E-state index contributed by atoms with van der Waals surface area (Å²) in [6.45, 7) is 0.340. The second-order valence-corrected chi connectivity index (χ2v) is 9.95. The lowest BCUT2D eigenvalue weighted by Crippen LogP contribution is -2.35. The molecule has 1 aliphatic heterocycles. The molecule has 3 aromatic carbocycles. The summed E-state index contributed by atoms with van der Waals surface area (Å²) in [4.78, 5) is 22.0. The van der Waals surface area contributed by atoms with E-state index in [2.05, 4.69) is 17.4 Å². The van der Waals surface area contributed by atoms with Crippen LogP contribution in [0.25, 0.3) is 0 Å². The van der Waals surface area contributed by atoms with Gasteiger partial charge in [0.15, 0.2) is 0 Å². The first-order valence-corrected chi connectivity index (χ1v) is 12.1. The van der Waals surface area contributed by atoms with Crippen molar-refractivity contribution in [3.8, 4) is 5.75 Å². The molecule has 7 nitrogen and oxygen atoms in total. The zero-order chi connectivity index (χ0) is 24.1. The molecule has 0 radical (unpaired) electrons. The number of hydrogen-bond donors (Lipinski definition) is 2. The fourth-order valence-electron chi connectivity index (χ4n) is 6.60. The van der Waals surface area contributed by atoms with Gasteiger partial charge in [0, 0.05) is 17.8 Å². The number of rotatable bonds is 6. The van der Waals surface area contributed by atoms with Crippen molar-refractivity contribution >= 4 is 17.3 Å². The number of non-ortho nitro benzene ring substituents is 1. The Bertz CT molecular complexity index is 1290. The number of carbonyl (C=O) groups is 1. The topological polar surface area (TPSA) is 102 Å². The molecular formula is C28H26N2O5. The first-order chi connectivity index (χ1) is 17.0. The fraction of sp³-hybridized carbons (Fsp3) is 0.321. The molecule has 0 amide bonds. The highest BCUT2D eigenvalue weighted by atomic mass is 16.6. The quantitative estimate of drug-likeness (QED) is 0.330. The Hall–Kier alpha value is -3.87. The van der Waals surface area contributed by atoms with E-state index < -0.39 is 10.9 Å². The van der Waals surface area contributed by atoms with Crippen LogP contribution in [0.4, 0.5) is 11.4 Å². The highest BCUT2D eigenvalue weighted by molar-refractivity contribution is 5.88. The van der Waals surface area contributed by atoms with Crippen LogP contribution in [0.3, 0.4) is 0 Å². The van der Waals surface area contributed by atoms with E-state index in [9.17, 15) is 20.0 Å². The third-order valence-corrected chi connectivity index (χ3v) is 8.13. The van der Waals surface area contributed by atoms with Crippen molar-refractivity contribution in [1.82, 2.24) is 0 Å². The van der Waals surface area contributed by atoms with Gasteiger partial charge in [-0.1, -0.05) is 12.1 Å². The van der Waals surface area contributed by atoms with E-state index >= 15 is 0 Å². The van der Waals surface area contributed by atoms with Crippen molar-refractivity contribution in [1.29, 1.82) is 0 Å². The van der Waals surface area contributed by atoms with Crippen LogP contribution in [-0.4, -0.2) is 16.0 Å². The first kappa shape index (κ1) is 21.6. The fourth-order valence-corrected chi connectivity index (χ4v) is 6.60.